The molecule has 0 heterocycles. The van der Waals surface area contributed by atoms with Crippen LogP contribution >= 0.6 is 23.2 Å². The Bertz CT molecular complexity index is 393. The number of nitrogens with two attached hydrogens (primary N) is 1. The molecule has 0 aromatic heterocycles. The molecule has 4 heteroatoms. The molecule has 0 amide bonds. The van der Waals surface area contributed by atoms with Gasteiger partial charge < -0.3 is 5.73 Å². The van der Waals surface area contributed by atoms with E-state index in [-0.39, 0.29) is 11.7 Å². The van der Waals surface area contributed by atoms with Crippen LogP contribution < -0.4 is 5.73 Å². The molecule has 2 N–H and O–H groups in total. The van der Waals surface area contributed by atoms with Crippen LogP contribution in [0.5, 0.6) is 0 Å². The molecule has 2 nitrogen and oxygen atoms in total. The fraction of sp³-hybridized carbons (Fsp3) is 0.462. The van der Waals surface area contributed by atoms with Gasteiger partial charge in [0.25, 0.3) is 0 Å². The quantitative estimate of drug-likeness (QED) is 0.863. The van der Waals surface area contributed by atoms with Crippen LogP contribution in [0.2, 0.25) is 10.0 Å². The summed E-state index contributed by atoms with van der Waals surface area (Å²) in [5.74, 6) is 0.0635. The van der Waals surface area contributed by atoms with Gasteiger partial charge in [-0.1, -0.05) is 36.5 Å². The van der Waals surface area contributed by atoms with Gasteiger partial charge in [-0.05, 0) is 30.2 Å². The van der Waals surface area contributed by atoms with Crippen LogP contribution in [0.15, 0.2) is 18.2 Å². The minimum Gasteiger partial charge on any atom is -0.330 e. The lowest BCUT2D eigenvalue weighted by Gasteiger charge is -2.13. The Kier molecular flexibility index (Phi) is 5.96. The first-order chi connectivity index (χ1) is 8.08. The molecule has 0 aliphatic heterocycles. The molecule has 0 aliphatic rings. The van der Waals surface area contributed by atoms with Crippen LogP contribution in [0.1, 0.15) is 25.3 Å². The van der Waals surface area contributed by atoms with E-state index in [4.69, 9.17) is 28.9 Å². The monoisotopic (exact) mass is 273 g/mol. The first kappa shape index (κ1) is 14.5. The van der Waals surface area contributed by atoms with Gasteiger partial charge in [-0.15, -0.1) is 0 Å². The maximum atomic E-state index is 12.0. The molecule has 0 spiro atoms. The molecule has 0 saturated heterocycles. The second-order valence-corrected chi connectivity index (χ2v) is 4.94. The van der Waals surface area contributed by atoms with E-state index in [2.05, 4.69) is 0 Å². The third-order valence-electron chi connectivity index (χ3n) is 2.75. The van der Waals surface area contributed by atoms with Gasteiger partial charge in [0, 0.05) is 28.9 Å². The molecule has 1 rings (SSSR count). The Morgan fingerprint density at radius 2 is 2.12 bits per heavy atom. The van der Waals surface area contributed by atoms with E-state index in [9.17, 15) is 4.79 Å². The maximum Gasteiger partial charge on any atom is 0.141 e. The highest BCUT2D eigenvalue weighted by Crippen LogP contribution is 2.22. The number of hydrogen-bond acceptors (Lipinski definition) is 2. The van der Waals surface area contributed by atoms with Crippen molar-refractivity contribution < 1.29 is 4.79 Å². The molecular weight excluding hydrogens is 257 g/mol. The van der Waals surface area contributed by atoms with Crippen molar-refractivity contribution in [2.24, 2.45) is 11.7 Å². The zero-order chi connectivity index (χ0) is 12.8. The summed E-state index contributed by atoms with van der Waals surface area (Å²) >= 11 is 11.9. The van der Waals surface area contributed by atoms with Crippen molar-refractivity contribution in [2.45, 2.75) is 26.2 Å². The van der Waals surface area contributed by atoms with Gasteiger partial charge in [-0.2, -0.15) is 0 Å². The normalized spacial score (nSPS) is 12.5. The molecule has 0 fully saturated rings. The van der Waals surface area contributed by atoms with Crippen molar-refractivity contribution in [3.63, 3.8) is 0 Å². The van der Waals surface area contributed by atoms with Crippen LogP contribution in [0.4, 0.5) is 0 Å². The SMILES string of the molecule is CCCC(CN)C(=O)Cc1cc(Cl)ccc1Cl. The molecule has 94 valence electrons. The highest BCUT2D eigenvalue weighted by atomic mass is 35.5. The number of benzene rings is 1. The van der Waals surface area contributed by atoms with E-state index in [0.29, 0.717) is 23.0 Å². The largest absolute Gasteiger partial charge is 0.330 e. The molecule has 17 heavy (non-hydrogen) atoms. The summed E-state index contributed by atoms with van der Waals surface area (Å²) in [6.07, 6.45) is 2.09. The Morgan fingerprint density at radius 3 is 2.71 bits per heavy atom. The molecular formula is C13H17Cl2NO. The van der Waals surface area contributed by atoms with Gasteiger partial charge in [0.05, 0.1) is 0 Å². The Balaban J connectivity index is 2.76. The summed E-state index contributed by atoms with van der Waals surface area (Å²) in [5, 5.41) is 1.17. The topological polar surface area (TPSA) is 43.1 Å². The summed E-state index contributed by atoms with van der Waals surface area (Å²) in [6, 6.07) is 5.16. The summed E-state index contributed by atoms with van der Waals surface area (Å²) < 4.78 is 0. The van der Waals surface area contributed by atoms with Crippen LogP contribution in [-0.4, -0.2) is 12.3 Å². The number of hydrogen-bond donors (Lipinski definition) is 1. The van der Waals surface area contributed by atoms with Crippen LogP contribution in [0.25, 0.3) is 0 Å². The molecule has 0 aliphatic carbocycles. The van der Waals surface area contributed by atoms with E-state index >= 15 is 0 Å². The zero-order valence-corrected chi connectivity index (χ0v) is 11.4. The van der Waals surface area contributed by atoms with Crippen molar-refractivity contribution >= 4 is 29.0 Å². The highest BCUT2D eigenvalue weighted by molar-refractivity contribution is 6.33. The van der Waals surface area contributed by atoms with Gasteiger partial charge in [-0.25, -0.2) is 0 Å². The number of carbonyl (C=O) groups is 1. The van der Waals surface area contributed by atoms with E-state index in [1.807, 2.05) is 6.92 Å². The van der Waals surface area contributed by atoms with Gasteiger partial charge in [-0.3, -0.25) is 4.79 Å². The van der Waals surface area contributed by atoms with Crippen LogP contribution in [0.3, 0.4) is 0 Å². The first-order valence-electron chi connectivity index (χ1n) is 5.75. The highest BCUT2D eigenvalue weighted by Gasteiger charge is 2.17. The first-order valence-corrected chi connectivity index (χ1v) is 6.50. The smallest absolute Gasteiger partial charge is 0.141 e. The van der Waals surface area contributed by atoms with Gasteiger partial charge in [0.2, 0.25) is 0 Å². The van der Waals surface area contributed by atoms with Gasteiger partial charge in [0.15, 0.2) is 0 Å². The summed E-state index contributed by atoms with van der Waals surface area (Å²) in [7, 11) is 0. The minimum atomic E-state index is -0.0740. The van der Waals surface area contributed by atoms with E-state index in [1.54, 1.807) is 18.2 Å². The molecule has 0 saturated carbocycles. The molecule has 1 aromatic rings. The van der Waals surface area contributed by atoms with Crippen molar-refractivity contribution in [1.29, 1.82) is 0 Å². The van der Waals surface area contributed by atoms with E-state index < -0.39 is 0 Å². The molecule has 0 bridgehead atoms. The van der Waals surface area contributed by atoms with Crippen molar-refractivity contribution in [2.75, 3.05) is 6.54 Å². The second kappa shape index (κ2) is 7.00. The molecule has 0 radical (unpaired) electrons. The fourth-order valence-corrected chi connectivity index (χ4v) is 2.15. The predicted molar refractivity (Wildman–Crippen MR) is 72.6 cm³/mol. The van der Waals surface area contributed by atoms with Crippen LogP contribution in [-0.2, 0) is 11.2 Å². The third-order valence-corrected chi connectivity index (χ3v) is 3.35. The maximum absolute atomic E-state index is 12.0. The fourth-order valence-electron chi connectivity index (χ4n) is 1.77. The Hall–Kier alpha value is -0.570. The van der Waals surface area contributed by atoms with Crippen LogP contribution in [0, 0.1) is 5.92 Å². The molecule has 1 unspecified atom stereocenters. The lowest BCUT2D eigenvalue weighted by atomic mass is 9.94. The van der Waals surface area contributed by atoms with Gasteiger partial charge in [0.1, 0.15) is 5.78 Å². The number of ketones is 1. The number of carbonyl (C=O) groups excluding carboxylic acids is 1. The third kappa shape index (κ3) is 4.30. The summed E-state index contributed by atoms with van der Waals surface area (Å²) in [6.45, 7) is 2.44. The minimum absolute atomic E-state index is 0.0740. The lowest BCUT2D eigenvalue weighted by Crippen LogP contribution is -2.25. The Labute approximate surface area is 112 Å². The average Bonchev–Trinajstić information content (AvgIpc) is 2.30. The number of Topliss-reactive ketones (excluding diaryl/α,β-unsaturated/α-hetero) is 1. The summed E-state index contributed by atoms with van der Waals surface area (Å²) in [5.41, 5.74) is 6.38. The summed E-state index contributed by atoms with van der Waals surface area (Å²) in [4.78, 5) is 12.0. The number of rotatable bonds is 6. The molecule has 1 atom stereocenters. The Morgan fingerprint density at radius 1 is 1.41 bits per heavy atom. The van der Waals surface area contributed by atoms with E-state index in [0.717, 1.165) is 18.4 Å². The zero-order valence-electron chi connectivity index (χ0n) is 9.88. The lowest BCUT2D eigenvalue weighted by molar-refractivity contribution is -0.122. The second-order valence-electron chi connectivity index (χ2n) is 4.10. The van der Waals surface area contributed by atoms with Crippen molar-refractivity contribution in [3.05, 3.63) is 33.8 Å². The predicted octanol–water partition coefficient (Wildman–Crippen LogP) is 3.48. The molecule has 1 aromatic carbocycles. The van der Waals surface area contributed by atoms with Crippen molar-refractivity contribution in [1.82, 2.24) is 0 Å². The average molecular weight is 274 g/mol. The van der Waals surface area contributed by atoms with Gasteiger partial charge >= 0.3 is 0 Å². The number of halogens is 2. The van der Waals surface area contributed by atoms with Crippen molar-refractivity contribution in [3.8, 4) is 0 Å². The standard InChI is InChI=1S/C13H17Cl2NO/c1-2-3-9(8-16)13(17)7-10-6-11(14)4-5-12(10)15/h4-6,9H,2-3,7-8,16H2,1H3. The van der Waals surface area contributed by atoms with E-state index in [1.165, 1.54) is 0 Å².